The lowest BCUT2D eigenvalue weighted by Gasteiger charge is -2.33. The molecule has 0 aliphatic carbocycles. The first-order valence-electron chi connectivity index (χ1n) is 5.38. The maximum atomic E-state index is 11.5. The standard InChI is InChI=1S/C9H13N3O5S/c13-9(14)3-7-5-18(15,16)2-1-12(7)4-8-10-6-11-17-8/h6-7H,1-5H2,(H,13,14). The largest absolute Gasteiger partial charge is 0.481 e. The summed E-state index contributed by atoms with van der Waals surface area (Å²) in [7, 11) is -3.16. The molecule has 1 saturated heterocycles. The Hall–Kier alpha value is -1.48. The van der Waals surface area contributed by atoms with Crippen LogP contribution >= 0.6 is 0 Å². The minimum atomic E-state index is -3.16. The second-order valence-electron chi connectivity index (χ2n) is 4.17. The highest BCUT2D eigenvalue weighted by Crippen LogP contribution is 2.17. The van der Waals surface area contributed by atoms with Crippen LogP contribution in [0.3, 0.4) is 0 Å². The van der Waals surface area contributed by atoms with Gasteiger partial charge in [-0.1, -0.05) is 5.16 Å². The fourth-order valence-corrected chi connectivity index (χ4v) is 3.55. The number of carboxylic acids is 1. The van der Waals surface area contributed by atoms with E-state index in [0.29, 0.717) is 5.89 Å². The molecule has 2 rings (SSSR count). The third kappa shape index (κ3) is 3.26. The molecule has 1 aromatic rings. The van der Waals surface area contributed by atoms with E-state index in [1.165, 1.54) is 6.33 Å². The van der Waals surface area contributed by atoms with Gasteiger partial charge in [0, 0.05) is 12.6 Å². The summed E-state index contributed by atoms with van der Waals surface area (Å²) in [6.07, 6.45) is 1.04. The third-order valence-corrected chi connectivity index (χ3v) is 4.50. The first kappa shape index (κ1) is 13.0. The second-order valence-corrected chi connectivity index (χ2v) is 6.40. The molecule has 100 valence electrons. The predicted octanol–water partition coefficient (Wildman–Crippen LogP) is -0.857. The number of aliphatic carboxylic acids is 1. The minimum Gasteiger partial charge on any atom is -0.481 e. The van der Waals surface area contributed by atoms with Crippen LogP contribution in [0.5, 0.6) is 0 Å². The minimum absolute atomic E-state index is 0.0251. The number of hydrogen-bond donors (Lipinski definition) is 1. The highest BCUT2D eigenvalue weighted by Gasteiger charge is 2.33. The molecule has 1 aromatic heterocycles. The van der Waals surface area contributed by atoms with Crippen molar-refractivity contribution in [1.29, 1.82) is 0 Å². The first-order chi connectivity index (χ1) is 8.46. The van der Waals surface area contributed by atoms with Crippen LogP contribution in [0, 0.1) is 0 Å². The van der Waals surface area contributed by atoms with Crippen molar-refractivity contribution in [1.82, 2.24) is 15.0 Å². The van der Waals surface area contributed by atoms with Gasteiger partial charge in [-0.25, -0.2) is 8.42 Å². The van der Waals surface area contributed by atoms with Gasteiger partial charge in [0.05, 0.1) is 24.5 Å². The molecule has 9 heteroatoms. The van der Waals surface area contributed by atoms with Crippen LogP contribution in [0.4, 0.5) is 0 Å². The number of nitrogens with zero attached hydrogens (tertiary/aromatic N) is 3. The van der Waals surface area contributed by atoms with E-state index in [-0.39, 0.29) is 31.0 Å². The molecule has 0 aromatic carbocycles. The molecule has 1 N–H and O–H groups in total. The Labute approximate surface area is 104 Å². The summed E-state index contributed by atoms with van der Waals surface area (Å²) in [6.45, 7) is 0.552. The summed E-state index contributed by atoms with van der Waals surface area (Å²) < 4.78 is 27.9. The fraction of sp³-hybridized carbons (Fsp3) is 0.667. The van der Waals surface area contributed by atoms with Crippen molar-refractivity contribution in [2.75, 3.05) is 18.1 Å². The third-order valence-electron chi connectivity index (χ3n) is 2.81. The van der Waals surface area contributed by atoms with E-state index < -0.39 is 21.8 Å². The zero-order chi connectivity index (χ0) is 13.2. The van der Waals surface area contributed by atoms with E-state index in [9.17, 15) is 13.2 Å². The van der Waals surface area contributed by atoms with Gasteiger partial charge in [0.25, 0.3) is 0 Å². The molecule has 1 fully saturated rings. The van der Waals surface area contributed by atoms with Gasteiger partial charge in [0.15, 0.2) is 16.2 Å². The topological polar surface area (TPSA) is 114 Å². The van der Waals surface area contributed by atoms with E-state index in [2.05, 4.69) is 10.1 Å². The maximum Gasteiger partial charge on any atom is 0.304 e. The zero-order valence-electron chi connectivity index (χ0n) is 9.52. The van der Waals surface area contributed by atoms with Crippen LogP contribution < -0.4 is 0 Å². The van der Waals surface area contributed by atoms with Crippen LogP contribution in [0.2, 0.25) is 0 Å². The molecule has 0 bridgehead atoms. The summed E-state index contributed by atoms with van der Waals surface area (Å²) >= 11 is 0. The Balaban J connectivity index is 2.09. The van der Waals surface area contributed by atoms with Crippen LogP contribution in [-0.4, -0.2) is 58.6 Å². The van der Waals surface area contributed by atoms with Gasteiger partial charge in [0.2, 0.25) is 5.89 Å². The van der Waals surface area contributed by atoms with Crippen molar-refractivity contribution in [2.45, 2.75) is 19.0 Å². The van der Waals surface area contributed by atoms with Crippen LogP contribution in [0.25, 0.3) is 0 Å². The second kappa shape index (κ2) is 5.02. The molecule has 0 saturated carbocycles. The quantitative estimate of drug-likeness (QED) is 0.755. The number of hydrogen-bond acceptors (Lipinski definition) is 7. The Bertz CT molecular complexity index is 512. The number of rotatable bonds is 4. The smallest absolute Gasteiger partial charge is 0.304 e. The van der Waals surface area contributed by atoms with Crippen molar-refractivity contribution >= 4 is 15.8 Å². The van der Waals surface area contributed by atoms with E-state index in [1.807, 2.05) is 0 Å². The highest BCUT2D eigenvalue weighted by atomic mass is 32.2. The van der Waals surface area contributed by atoms with Gasteiger partial charge in [-0.3, -0.25) is 9.69 Å². The van der Waals surface area contributed by atoms with Crippen molar-refractivity contribution in [3.8, 4) is 0 Å². The molecular formula is C9H13N3O5S. The van der Waals surface area contributed by atoms with Gasteiger partial charge < -0.3 is 9.63 Å². The molecule has 0 spiro atoms. The number of aromatic nitrogens is 2. The summed E-state index contributed by atoms with van der Waals surface area (Å²) in [5, 5.41) is 12.3. The monoisotopic (exact) mass is 275 g/mol. The lowest BCUT2D eigenvalue weighted by Crippen LogP contribution is -2.48. The molecule has 8 nitrogen and oxygen atoms in total. The lowest BCUT2D eigenvalue weighted by molar-refractivity contribution is -0.138. The lowest BCUT2D eigenvalue weighted by atomic mass is 10.2. The van der Waals surface area contributed by atoms with Crippen LogP contribution in [0.1, 0.15) is 12.3 Å². The summed E-state index contributed by atoms with van der Waals surface area (Å²) in [5.74, 6) is -0.789. The summed E-state index contributed by atoms with van der Waals surface area (Å²) in [4.78, 5) is 16.4. The van der Waals surface area contributed by atoms with Gasteiger partial charge in [-0.2, -0.15) is 4.98 Å². The molecule has 1 aliphatic rings. The number of carboxylic acid groups (broad SMARTS) is 1. The van der Waals surface area contributed by atoms with Gasteiger partial charge >= 0.3 is 5.97 Å². The Morgan fingerprint density at radius 3 is 3.00 bits per heavy atom. The molecule has 1 aliphatic heterocycles. The maximum absolute atomic E-state index is 11.5. The van der Waals surface area contributed by atoms with Gasteiger partial charge in [-0.15, -0.1) is 0 Å². The van der Waals surface area contributed by atoms with Gasteiger partial charge in [0.1, 0.15) is 0 Å². The fourth-order valence-electron chi connectivity index (χ4n) is 1.96. The average molecular weight is 275 g/mol. The first-order valence-corrected chi connectivity index (χ1v) is 7.20. The van der Waals surface area contributed by atoms with E-state index in [1.54, 1.807) is 4.90 Å². The Morgan fingerprint density at radius 2 is 2.39 bits per heavy atom. The molecule has 18 heavy (non-hydrogen) atoms. The van der Waals surface area contributed by atoms with Crippen molar-refractivity contribution in [2.24, 2.45) is 0 Å². The average Bonchev–Trinajstić information content (AvgIpc) is 2.73. The van der Waals surface area contributed by atoms with Gasteiger partial charge in [-0.05, 0) is 0 Å². The van der Waals surface area contributed by atoms with Crippen molar-refractivity contribution in [3.63, 3.8) is 0 Å². The zero-order valence-corrected chi connectivity index (χ0v) is 10.3. The van der Waals surface area contributed by atoms with Crippen LogP contribution in [-0.2, 0) is 21.2 Å². The van der Waals surface area contributed by atoms with Crippen molar-refractivity contribution < 1.29 is 22.8 Å². The van der Waals surface area contributed by atoms with E-state index in [0.717, 1.165) is 0 Å². The molecule has 0 amide bonds. The van der Waals surface area contributed by atoms with E-state index in [4.69, 9.17) is 9.63 Å². The highest BCUT2D eigenvalue weighted by molar-refractivity contribution is 7.91. The van der Waals surface area contributed by atoms with Crippen LogP contribution in [0.15, 0.2) is 10.9 Å². The van der Waals surface area contributed by atoms with E-state index >= 15 is 0 Å². The summed E-state index contributed by atoms with van der Waals surface area (Å²) in [5.41, 5.74) is 0. The number of sulfone groups is 1. The SMILES string of the molecule is O=C(O)CC1CS(=O)(=O)CCN1Cc1ncno1. The number of carbonyl (C=O) groups is 1. The predicted molar refractivity (Wildman–Crippen MR) is 59.4 cm³/mol. The summed E-state index contributed by atoms with van der Waals surface area (Å²) in [6, 6.07) is -0.548. The molecule has 2 heterocycles. The Morgan fingerprint density at radius 1 is 1.61 bits per heavy atom. The van der Waals surface area contributed by atoms with Crippen molar-refractivity contribution in [3.05, 3.63) is 12.2 Å². The molecule has 1 unspecified atom stereocenters. The Kier molecular flexibility index (Phi) is 3.62. The normalized spacial score (nSPS) is 23.9. The molecular weight excluding hydrogens is 262 g/mol. The molecule has 0 radical (unpaired) electrons. The molecule has 1 atom stereocenters.